The average molecular weight is 546 g/mol. The van der Waals surface area contributed by atoms with Gasteiger partial charge in [-0.25, -0.2) is 13.2 Å². The number of benzene rings is 2. The van der Waals surface area contributed by atoms with E-state index in [0.29, 0.717) is 29.5 Å². The molecular formula is C28H30F3N3O5. The van der Waals surface area contributed by atoms with Gasteiger partial charge < -0.3 is 20.9 Å². The van der Waals surface area contributed by atoms with Gasteiger partial charge in [-0.1, -0.05) is 19.9 Å². The summed E-state index contributed by atoms with van der Waals surface area (Å²) in [6.45, 7) is 5.80. The number of aryl methyl sites for hydroxylation is 1. The van der Waals surface area contributed by atoms with Gasteiger partial charge in [0.15, 0.2) is 17.4 Å². The molecule has 0 aliphatic heterocycles. The lowest BCUT2D eigenvalue weighted by Crippen LogP contribution is -2.38. The van der Waals surface area contributed by atoms with Crippen LogP contribution in [0.25, 0.3) is 5.69 Å². The van der Waals surface area contributed by atoms with Crippen molar-refractivity contribution in [2.45, 2.75) is 39.7 Å². The van der Waals surface area contributed by atoms with Gasteiger partial charge in [0.2, 0.25) is 0 Å². The van der Waals surface area contributed by atoms with Crippen molar-refractivity contribution < 1.29 is 32.6 Å². The zero-order chi connectivity index (χ0) is 28.9. The molecule has 8 nitrogen and oxygen atoms in total. The summed E-state index contributed by atoms with van der Waals surface area (Å²) in [6.07, 6.45) is 0.808. The Morgan fingerprint density at radius 1 is 1.03 bits per heavy atom. The van der Waals surface area contributed by atoms with Gasteiger partial charge in [0, 0.05) is 18.2 Å². The topological polar surface area (TPSA) is 124 Å². The number of halogens is 3. The summed E-state index contributed by atoms with van der Waals surface area (Å²) in [5.74, 6) is -5.50. The molecule has 0 aliphatic rings. The van der Waals surface area contributed by atoms with Gasteiger partial charge >= 0.3 is 5.97 Å². The molecule has 208 valence electrons. The number of aliphatic carboxylic acids is 1. The van der Waals surface area contributed by atoms with Crippen LogP contribution in [-0.2, 0) is 4.79 Å². The molecule has 1 aromatic heterocycles. The summed E-state index contributed by atoms with van der Waals surface area (Å²) < 4.78 is 50.4. The second-order valence-electron chi connectivity index (χ2n) is 9.53. The SMILES string of the molecule is Cc1ccc(C(=O)c2ccc(=O)n(-c3c(F)cc(OCCCN[C@H](CC(C)C)C(=O)O)cc3F)c2N)c(F)c1. The average Bonchev–Trinajstić information content (AvgIpc) is 2.84. The number of carbonyl (C=O) groups is 2. The number of aromatic nitrogens is 1. The van der Waals surface area contributed by atoms with E-state index in [4.69, 9.17) is 10.5 Å². The number of hydrogen-bond acceptors (Lipinski definition) is 6. The first-order valence-electron chi connectivity index (χ1n) is 12.3. The maximum Gasteiger partial charge on any atom is 0.320 e. The van der Waals surface area contributed by atoms with Crippen LogP contribution >= 0.6 is 0 Å². The summed E-state index contributed by atoms with van der Waals surface area (Å²) in [5, 5.41) is 12.2. The van der Waals surface area contributed by atoms with Crippen molar-refractivity contribution in [3.05, 3.63) is 87.0 Å². The molecule has 0 spiro atoms. The first-order valence-corrected chi connectivity index (χ1v) is 12.3. The number of nitrogens with zero attached hydrogens (tertiary/aromatic N) is 1. The lowest BCUT2D eigenvalue weighted by Gasteiger charge is -2.17. The number of hydrogen-bond donors (Lipinski definition) is 3. The van der Waals surface area contributed by atoms with E-state index in [2.05, 4.69) is 5.32 Å². The highest BCUT2D eigenvalue weighted by Gasteiger charge is 2.23. The molecule has 0 saturated heterocycles. The van der Waals surface area contributed by atoms with E-state index in [-0.39, 0.29) is 29.4 Å². The number of carboxylic acids is 1. The van der Waals surface area contributed by atoms with Gasteiger partial charge in [-0.05, 0) is 56.0 Å². The maximum atomic E-state index is 15.1. The second kappa shape index (κ2) is 12.6. The van der Waals surface area contributed by atoms with Crippen LogP contribution in [0.3, 0.4) is 0 Å². The third kappa shape index (κ3) is 7.05. The van der Waals surface area contributed by atoms with E-state index in [1.807, 2.05) is 13.8 Å². The number of nitrogens with one attached hydrogen (secondary N) is 1. The summed E-state index contributed by atoms with van der Waals surface area (Å²) in [4.78, 5) is 36.8. The molecule has 0 saturated carbocycles. The Bertz CT molecular complexity index is 1420. The van der Waals surface area contributed by atoms with Gasteiger partial charge in [0.1, 0.15) is 29.1 Å². The lowest BCUT2D eigenvalue weighted by atomic mass is 10.0. The fourth-order valence-corrected chi connectivity index (χ4v) is 4.05. The lowest BCUT2D eigenvalue weighted by molar-refractivity contribution is -0.139. The molecule has 0 aliphatic carbocycles. The molecule has 3 aromatic rings. The van der Waals surface area contributed by atoms with E-state index in [1.54, 1.807) is 6.92 Å². The van der Waals surface area contributed by atoms with Crippen molar-refractivity contribution in [1.82, 2.24) is 9.88 Å². The minimum absolute atomic E-state index is 0.0352. The molecular weight excluding hydrogens is 515 g/mol. The number of rotatable bonds is 12. The van der Waals surface area contributed by atoms with Crippen LogP contribution in [0.1, 0.15) is 48.2 Å². The Morgan fingerprint density at radius 3 is 2.26 bits per heavy atom. The van der Waals surface area contributed by atoms with Crippen LogP contribution in [0.4, 0.5) is 19.0 Å². The van der Waals surface area contributed by atoms with Gasteiger partial charge in [0.05, 0.1) is 17.7 Å². The van der Waals surface area contributed by atoms with Crippen molar-refractivity contribution in [1.29, 1.82) is 0 Å². The molecule has 1 heterocycles. The Labute approximate surface area is 223 Å². The first-order chi connectivity index (χ1) is 18.4. The Balaban J connectivity index is 1.79. The highest BCUT2D eigenvalue weighted by atomic mass is 19.1. The standard InChI is InChI=1S/C28H30F3N3O5/c1-15(2)11-23(28(37)38)33-9-4-10-39-17-13-21(30)25(22(31)14-17)34-24(35)8-7-19(27(34)32)26(36)18-6-5-16(3)12-20(18)29/h5-8,12-15,23,33H,4,9-11,32H2,1-3H3,(H,37,38)/t23-/m1/s1. The molecule has 1 atom stereocenters. The van der Waals surface area contributed by atoms with Crippen LogP contribution in [0, 0.1) is 30.3 Å². The summed E-state index contributed by atoms with van der Waals surface area (Å²) in [7, 11) is 0. The Morgan fingerprint density at radius 2 is 1.67 bits per heavy atom. The predicted octanol–water partition coefficient (Wildman–Crippen LogP) is 4.23. The minimum Gasteiger partial charge on any atom is -0.493 e. The van der Waals surface area contributed by atoms with E-state index in [1.165, 1.54) is 12.1 Å². The van der Waals surface area contributed by atoms with E-state index >= 15 is 8.78 Å². The number of nitrogens with two attached hydrogens (primary N) is 1. The van der Waals surface area contributed by atoms with E-state index in [0.717, 1.165) is 30.3 Å². The highest BCUT2D eigenvalue weighted by Crippen LogP contribution is 2.27. The molecule has 0 bridgehead atoms. The van der Waals surface area contributed by atoms with Crippen LogP contribution in [0.5, 0.6) is 5.75 Å². The first kappa shape index (κ1) is 29.4. The largest absolute Gasteiger partial charge is 0.493 e. The van der Waals surface area contributed by atoms with Crippen molar-refractivity contribution in [2.75, 3.05) is 18.9 Å². The quantitative estimate of drug-likeness (QED) is 0.230. The predicted molar refractivity (Wildman–Crippen MR) is 140 cm³/mol. The highest BCUT2D eigenvalue weighted by molar-refractivity contribution is 6.11. The van der Waals surface area contributed by atoms with E-state index < -0.39 is 52.3 Å². The van der Waals surface area contributed by atoms with Crippen molar-refractivity contribution >= 4 is 17.6 Å². The number of ether oxygens (including phenoxy) is 1. The number of carboxylic acid groups (broad SMARTS) is 1. The van der Waals surface area contributed by atoms with Crippen LogP contribution in [-0.4, -0.2) is 40.6 Å². The molecule has 0 radical (unpaired) electrons. The normalized spacial score (nSPS) is 12.0. The van der Waals surface area contributed by atoms with Crippen LogP contribution in [0.15, 0.2) is 47.3 Å². The fourth-order valence-electron chi connectivity index (χ4n) is 4.05. The molecule has 39 heavy (non-hydrogen) atoms. The van der Waals surface area contributed by atoms with Gasteiger partial charge in [-0.15, -0.1) is 0 Å². The Hall–Kier alpha value is -4.12. The smallest absolute Gasteiger partial charge is 0.320 e. The summed E-state index contributed by atoms with van der Waals surface area (Å²) >= 11 is 0. The fraction of sp³-hybridized carbons (Fsp3) is 0.321. The number of anilines is 1. The third-order valence-corrected chi connectivity index (χ3v) is 5.94. The van der Waals surface area contributed by atoms with Gasteiger partial charge in [0.25, 0.3) is 5.56 Å². The second-order valence-corrected chi connectivity index (χ2v) is 9.53. The number of pyridine rings is 1. The van der Waals surface area contributed by atoms with Crippen LogP contribution in [0.2, 0.25) is 0 Å². The van der Waals surface area contributed by atoms with Crippen molar-refractivity contribution in [3.63, 3.8) is 0 Å². The van der Waals surface area contributed by atoms with Gasteiger partial charge in [-0.2, -0.15) is 0 Å². The molecule has 0 unspecified atom stereocenters. The summed E-state index contributed by atoms with van der Waals surface area (Å²) in [5.41, 5.74) is 4.26. The molecule has 4 N–H and O–H groups in total. The molecule has 11 heteroatoms. The maximum absolute atomic E-state index is 15.1. The molecule has 0 amide bonds. The molecule has 3 rings (SSSR count). The third-order valence-electron chi connectivity index (χ3n) is 5.94. The van der Waals surface area contributed by atoms with Crippen LogP contribution < -0.4 is 21.3 Å². The van der Waals surface area contributed by atoms with E-state index in [9.17, 15) is 23.9 Å². The van der Waals surface area contributed by atoms with Crippen molar-refractivity contribution in [2.24, 2.45) is 5.92 Å². The monoisotopic (exact) mass is 545 g/mol. The summed E-state index contributed by atoms with van der Waals surface area (Å²) in [6, 6.07) is 6.94. The number of carbonyl (C=O) groups excluding carboxylic acids is 1. The number of ketones is 1. The minimum atomic E-state index is -1.18. The van der Waals surface area contributed by atoms with Gasteiger partial charge in [-0.3, -0.25) is 19.0 Å². The van der Waals surface area contributed by atoms with Crippen molar-refractivity contribution in [3.8, 4) is 11.4 Å². The zero-order valence-corrected chi connectivity index (χ0v) is 21.8. The number of nitrogen functional groups attached to an aromatic ring is 1. The zero-order valence-electron chi connectivity index (χ0n) is 21.8. The Kier molecular flexibility index (Phi) is 9.52. The molecule has 2 aromatic carbocycles. The molecule has 0 fully saturated rings.